The van der Waals surface area contributed by atoms with Crippen molar-refractivity contribution >= 4 is 36.8 Å². The van der Waals surface area contributed by atoms with Gasteiger partial charge in [0, 0.05) is 13.0 Å². The zero-order valence-electron chi connectivity index (χ0n) is 34.9. The lowest BCUT2D eigenvalue weighted by atomic mass is 10.1. The molecule has 56 heavy (non-hydrogen) atoms. The van der Waals surface area contributed by atoms with Crippen LogP contribution in [0.15, 0.2) is 96.0 Å². The molecule has 2 atom stereocenters. The topological polar surface area (TPSA) is 89.2 Å². The largest absolute Gasteiger partial charge is 0.444 e. The smallest absolute Gasteiger partial charge is 0.437 e. The highest BCUT2D eigenvalue weighted by Gasteiger charge is 2.51. The minimum Gasteiger partial charge on any atom is -0.444 e. The molecule has 9 heteroatoms. The molecule has 0 aromatic heterocycles. The Labute approximate surface area is 337 Å². The molecule has 2 amide bonds. The fourth-order valence-electron chi connectivity index (χ4n) is 7.27. The van der Waals surface area contributed by atoms with Gasteiger partial charge < -0.3 is 18.8 Å². The number of nitrogens with one attached hydrogen (secondary N) is 1. The molecule has 1 fully saturated rings. The van der Waals surface area contributed by atoms with Crippen molar-refractivity contribution in [1.82, 2.24) is 10.2 Å². The SMILES string of the molecule is CCCCCCCCCCC[C@H]1[C@@H](C#CCCO[Si](c2ccccc2)(c2ccccc2)C(C)(C)C)N1/C(=N\C(=O)OCc1ccccc1)NC(=O)OC(C)(C)C. The Morgan fingerprint density at radius 2 is 1.30 bits per heavy atom. The van der Waals surface area contributed by atoms with Gasteiger partial charge in [0.15, 0.2) is 0 Å². The lowest BCUT2D eigenvalue weighted by molar-refractivity contribution is 0.0559. The maximum absolute atomic E-state index is 13.1. The van der Waals surface area contributed by atoms with E-state index < -0.39 is 26.1 Å². The van der Waals surface area contributed by atoms with Gasteiger partial charge in [-0.2, -0.15) is 0 Å². The normalized spacial score (nSPS) is 15.8. The van der Waals surface area contributed by atoms with Gasteiger partial charge in [0.1, 0.15) is 18.2 Å². The van der Waals surface area contributed by atoms with E-state index in [0.717, 1.165) is 24.8 Å². The van der Waals surface area contributed by atoms with Crippen LogP contribution in [0, 0.1) is 11.8 Å². The standard InChI is InChI=1S/C47H65N3O5Si/c1-8-9-10-11-12-13-14-15-25-34-41-42(50(41)43(49-45(52)55-46(2,3)4)48-44(51)53-37-38-28-19-16-20-29-38)35-26-27-36-54-56(47(5,6)7,39-30-21-17-22-31-39)40-32-23-18-24-33-40/h16-24,28-33,41-42H,8-15,25,27,34,36-37H2,1-7H3,(H,48,49,51,52)/t41-,42+,50?/m0/s1. The molecule has 0 aliphatic carbocycles. The first-order valence-electron chi connectivity index (χ1n) is 20.7. The Balaban J connectivity index is 1.52. The summed E-state index contributed by atoms with van der Waals surface area (Å²) in [5.41, 5.74) is 0.110. The summed E-state index contributed by atoms with van der Waals surface area (Å²) in [6.07, 6.45) is 11.0. The van der Waals surface area contributed by atoms with Gasteiger partial charge in [0.2, 0.25) is 5.96 Å². The highest BCUT2D eigenvalue weighted by molar-refractivity contribution is 6.99. The first kappa shape index (κ1) is 44.3. The Bertz CT molecular complexity index is 1690. The summed E-state index contributed by atoms with van der Waals surface area (Å²) < 4.78 is 18.2. The van der Waals surface area contributed by atoms with Gasteiger partial charge in [-0.05, 0) is 48.2 Å². The lowest BCUT2D eigenvalue weighted by Crippen LogP contribution is -2.66. The number of rotatable bonds is 17. The summed E-state index contributed by atoms with van der Waals surface area (Å²) in [5, 5.41) is 5.09. The number of ether oxygens (including phenoxy) is 2. The number of amides is 2. The van der Waals surface area contributed by atoms with Gasteiger partial charge in [-0.3, -0.25) is 5.32 Å². The van der Waals surface area contributed by atoms with E-state index in [4.69, 9.17) is 13.9 Å². The van der Waals surface area contributed by atoms with Gasteiger partial charge >= 0.3 is 12.2 Å². The molecule has 1 heterocycles. The first-order valence-corrected chi connectivity index (χ1v) is 22.6. The Morgan fingerprint density at radius 1 is 0.768 bits per heavy atom. The van der Waals surface area contributed by atoms with Crippen LogP contribution in [-0.2, 0) is 20.5 Å². The molecular formula is C47H65N3O5Si. The molecule has 0 unspecified atom stereocenters. The van der Waals surface area contributed by atoms with Gasteiger partial charge in [-0.1, -0.05) is 188 Å². The van der Waals surface area contributed by atoms with Crippen LogP contribution in [0.5, 0.6) is 0 Å². The minimum atomic E-state index is -2.69. The second-order valence-electron chi connectivity index (χ2n) is 16.7. The van der Waals surface area contributed by atoms with Crippen molar-refractivity contribution in [3.05, 3.63) is 96.6 Å². The van der Waals surface area contributed by atoms with E-state index in [9.17, 15) is 9.59 Å². The van der Waals surface area contributed by atoms with Crippen molar-refractivity contribution in [1.29, 1.82) is 0 Å². The second kappa shape index (κ2) is 21.8. The average molecular weight is 780 g/mol. The predicted octanol–water partition coefficient (Wildman–Crippen LogP) is 10.1. The highest BCUT2D eigenvalue weighted by Crippen LogP contribution is 2.37. The van der Waals surface area contributed by atoms with Gasteiger partial charge in [0.05, 0.1) is 6.04 Å². The molecule has 8 nitrogen and oxygen atoms in total. The van der Waals surface area contributed by atoms with Crippen LogP contribution in [0.1, 0.15) is 125 Å². The summed E-state index contributed by atoms with van der Waals surface area (Å²) in [4.78, 5) is 32.4. The number of carbonyl (C=O) groups excluding carboxylic acids is 2. The van der Waals surface area contributed by atoms with E-state index in [1.165, 1.54) is 55.3 Å². The number of benzene rings is 3. The van der Waals surface area contributed by atoms with E-state index in [1.807, 2.05) is 47.4 Å². The van der Waals surface area contributed by atoms with Crippen LogP contribution in [0.25, 0.3) is 0 Å². The van der Waals surface area contributed by atoms with Crippen LogP contribution >= 0.6 is 0 Å². The van der Waals surface area contributed by atoms with Crippen molar-refractivity contribution < 1.29 is 23.5 Å². The molecule has 1 saturated heterocycles. The van der Waals surface area contributed by atoms with Gasteiger partial charge in [-0.25, -0.2) is 9.59 Å². The Kier molecular flexibility index (Phi) is 17.2. The summed E-state index contributed by atoms with van der Waals surface area (Å²) in [5.74, 6) is 6.97. The van der Waals surface area contributed by atoms with Gasteiger partial charge in [0.25, 0.3) is 8.32 Å². The zero-order chi connectivity index (χ0) is 40.4. The molecule has 1 aliphatic heterocycles. The fourth-order valence-corrected chi connectivity index (χ4v) is 11.8. The van der Waals surface area contributed by atoms with Crippen LogP contribution in [0.2, 0.25) is 5.04 Å². The van der Waals surface area contributed by atoms with E-state index >= 15 is 0 Å². The van der Waals surface area contributed by atoms with Crippen LogP contribution in [0.3, 0.4) is 0 Å². The van der Waals surface area contributed by atoms with Crippen molar-refractivity contribution in [3.63, 3.8) is 0 Å². The monoisotopic (exact) mass is 779 g/mol. The van der Waals surface area contributed by atoms with Crippen LogP contribution in [0.4, 0.5) is 9.59 Å². The third kappa shape index (κ3) is 13.7. The number of hydrogen-bond donors (Lipinski definition) is 1. The molecule has 0 spiro atoms. The quantitative estimate of drug-likeness (QED) is 0.0367. The second-order valence-corrected chi connectivity index (χ2v) is 21.0. The number of guanidine groups is 1. The van der Waals surface area contributed by atoms with Crippen molar-refractivity contribution in [2.45, 2.75) is 148 Å². The third-order valence-electron chi connectivity index (χ3n) is 10.0. The maximum Gasteiger partial charge on any atom is 0.437 e. The molecule has 1 N–H and O–H groups in total. The van der Waals surface area contributed by atoms with Crippen molar-refractivity contribution in [3.8, 4) is 11.8 Å². The van der Waals surface area contributed by atoms with E-state index in [1.54, 1.807) is 20.8 Å². The maximum atomic E-state index is 13.1. The van der Waals surface area contributed by atoms with Crippen LogP contribution in [-0.4, -0.2) is 55.7 Å². The lowest BCUT2D eigenvalue weighted by Gasteiger charge is -2.43. The van der Waals surface area contributed by atoms with Crippen LogP contribution < -0.4 is 15.7 Å². The van der Waals surface area contributed by atoms with Gasteiger partial charge in [-0.15, -0.1) is 4.99 Å². The van der Waals surface area contributed by atoms with Crippen molar-refractivity contribution in [2.24, 2.45) is 4.99 Å². The number of nitrogens with zero attached hydrogens (tertiary/aromatic N) is 2. The summed E-state index contributed by atoms with van der Waals surface area (Å²) in [6, 6.07) is 30.4. The first-order chi connectivity index (χ1) is 26.9. The number of unbranched alkanes of at least 4 members (excludes halogenated alkanes) is 8. The molecular weight excluding hydrogens is 715 g/mol. The fraction of sp³-hybridized carbons (Fsp3) is 0.511. The molecule has 3 aromatic rings. The summed E-state index contributed by atoms with van der Waals surface area (Å²) in [6.45, 7) is 15.0. The summed E-state index contributed by atoms with van der Waals surface area (Å²) >= 11 is 0. The highest BCUT2D eigenvalue weighted by atomic mass is 28.4. The summed E-state index contributed by atoms with van der Waals surface area (Å²) in [7, 11) is -2.69. The molecule has 4 rings (SSSR count). The molecule has 302 valence electrons. The predicted molar refractivity (Wildman–Crippen MR) is 231 cm³/mol. The molecule has 0 radical (unpaired) electrons. The number of carbonyl (C=O) groups is 2. The number of hydrogen-bond acceptors (Lipinski definition) is 5. The minimum absolute atomic E-state index is 0.0136. The number of alkyl carbamates (subject to hydrolysis) is 1. The zero-order valence-corrected chi connectivity index (χ0v) is 35.9. The molecule has 1 aliphatic rings. The molecule has 0 bridgehead atoms. The molecule has 3 aromatic carbocycles. The van der Waals surface area contributed by atoms with E-state index in [-0.39, 0.29) is 29.7 Å². The molecule has 0 saturated carbocycles. The van der Waals surface area contributed by atoms with Crippen molar-refractivity contribution in [2.75, 3.05) is 6.61 Å². The van der Waals surface area contributed by atoms with E-state index in [0.29, 0.717) is 13.0 Å². The van der Waals surface area contributed by atoms with E-state index in [2.05, 4.69) is 98.4 Å². The Morgan fingerprint density at radius 3 is 1.84 bits per heavy atom. The average Bonchev–Trinajstić information content (AvgIpc) is 3.86. The number of aliphatic imine (C=N–C) groups is 1. The third-order valence-corrected chi connectivity index (χ3v) is 15.0. The Hall–Kier alpha value is -4.39.